The maximum Gasteiger partial charge on any atom is 0.256 e. The molecule has 0 aliphatic heterocycles. The normalized spacial score (nSPS) is 10.2. The lowest BCUT2D eigenvalue weighted by Crippen LogP contribution is -1.99. The van der Waals surface area contributed by atoms with Gasteiger partial charge in [-0.3, -0.25) is 4.79 Å². The predicted molar refractivity (Wildman–Crippen MR) is 51.9 cm³/mol. The number of hydrogen-bond donors (Lipinski definition) is 0. The third-order valence-corrected chi connectivity index (χ3v) is 2.85. The Labute approximate surface area is 94.3 Å². The fourth-order valence-corrected chi connectivity index (χ4v) is 1.91. The zero-order chi connectivity index (χ0) is 10.2. The van der Waals surface area contributed by atoms with E-state index < -0.39 is 22.4 Å². The summed E-state index contributed by atoms with van der Waals surface area (Å²) >= 11 is 10.5. The number of halogens is 5. The van der Waals surface area contributed by atoms with Crippen LogP contribution < -0.4 is 0 Å². The van der Waals surface area contributed by atoms with Crippen molar-refractivity contribution in [3.8, 4) is 0 Å². The number of hydrogen-bond acceptors (Lipinski definition) is 1. The molecule has 6 heteroatoms. The monoisotopic (exact) mass is 332 g/mol. The molecule has 0 heterocycles. The molecule has 0 bridgehead atoms. The maximum atomic E-state index is 13.1. The average Bonchev–Trinajstić information content (AvgIpc) is 2.01. The van der Waals surface area contributed by atoms with Gasteiger partial charge < -0.3 is 0 Å². The van der Waals surface area contributed by atoms with E-state index in [1.54, 1.807) is 0 Å². The van der Waals surface area contributed by atoms with E-state index >= 15 is 0 Å². The van der Waals surface area contributed by atoms with Crippen LogP contribution in [-0.4, -0.2) is 5.24 Å². The Morgan fingerprint density at radius 1 is 1.38 bits per heavy atom. The van der Waals surface area contributed by atoms with Gasteiger partial charge in [-0.1, -0.05) is 0 Å². The first-order valence-corrected chi connectivity index (χ1v) is 4.94. The van der Waals surface area contributed by atoms with E-state index in [0.29, 0.717) is 0 Å². The minimum atomic E-state index is -1.05. The lowest BCUT2D eigenvalue weighted by molar-refractivity contribution is 0.107. The summed E-state index contributed by atoms with van der Waals surface area (Å²) in [6.45, 7) is 0. The molecule has 0 radical (unpaired) electrons. The summed E-state index contributed by atoms with van der Waals surface area (Å²) in [5, 5.41) is -1.05. The standard InChI is InChI=1S/C7HBr2ClF2O/c8-2-1-3(11)5(9)4(6(2)12)7(10)13/h1H. The van der Waals surface area contributed by atoms with Crippen LogP contribution in [-0.2, 0) is 0 Å². The lowest BCUT2D eigenvalue weighted by atomic mass is 10.2. The highest BCUT2D eigenvalue weighted by Crippen LogP contribution is 2.30. The molecule has 0 atom stereocenters. The van der Waals surface area contributed by atoms with E-state index in [9.17, 15) is 13.6 Å². The third kappa shape index (κ3) is 2.08. The molecule has 13 heavy (non-hydrogen) atoms. The van der Waals surface area contributed by atoms with Crippen LogP contribution in [0.3, 0.4) is 0 Å². The van der Waals surface area contributed by atoms with Crippen molar-refractivity contribution in [1.82, 2.24) is 0 Å². The number of benzene rings is 1. The molecule has 0 N–H and O–H groups in total. The SMILES string of the molecule is O=C(Cl)c1c(F)c(Br)cc(F)c1Br. The van der Waals surface area contributed by atoms with Gasteiger partial charge in [0, 0.05) is 0 Å². The van der Waals surface area contributed by atoms with E-state index in [-0.39, 0.29) is 8.95 Å². The summed E-state index contributed by atoms with van der Waals surface area (Å²) in [6.07, 6.45) is 0. The zero-order valence-corrected chi connectivity index (χ0v) is 9.80. The summed E-state index contributed by atoms with van der Waals surface area (Å²) in [4.78, 5) is 10.7. The van der Waals surface area contributed by atoms with Crippen molar-refractivity contribution >= 4 is 48.7 Å². The van der Waals surface area contributed by atoms with Crippen molar-refractivity contribution in [2.45, 2.75) is 0 Å². The summed E-state index contributed by atoms with van der Waals surface area (Å²) in [7, 11) is 0. The Kier molecular flexibility index (Phi) is 3.43. The first kappa shape index (κ1) is 11.1. The van der Waals surface area contributed by atoms with Gasteiger partial charge in [-0.25, -0.2) is 8.78 Å². The topological polar surface area (TPSA) is 17.1 Å². The van der Waals surface area contributed by atoms with Gasteiger partial charge in [0.25, 0.3) is 5.24 Å². The molecule has 0 aromatic heterocycles. The van der Waals surface area contributed by atoms with E-state index in [1.807, 2.05) is 0 Å². The molecule has 1 nitrogen and oxygen atoms in total. The summed E-state index contributed by atoms with van der Waals surface area (Å²) in [6, 6.07) is 0.906. The molecular weight excluding hydrogens is 333 g/mol. The molecule has 0 spiro atoms. The van der Waals surface area contributed by atoms with E-state index in [0.717, 1.165) is 6.07 Å². The summed E-state index contributed by atoms with van der Waals surface area (Å²) in [5.74, 6) is -1.63. The molecular formula is C7HBr2ClF2O. The molecule has 1 rings (SSSR count). The van der Waals surface area contributed by atoms with Crippen LogP contribution in [0.25, 0.3) is 0 Å². The van der Waals surface area contributed by atoms with Crippen molar-refractivity contribution in [2.75, 3.05) is 0 Å². The molecule has 1 aromatic carbocycles. The highest BCUT2D eigenvalue weighted by atomic mass is 79.9. The van der Waals surface area contributed by atoms with Crippen LogP contribution in [0.2, 0.25) is 0 Å². The summed E-state index contributed by atoms with van der Waals surface area (Å²) in [5.41, 5.74) is -0.506. The second-order valence-electron chi connectivity index (χ2n) is 2.12. The van der Waals surface area contributed by atoms with Crippen LogP contribution in [0.1, 0.15) is 10.4 Å². The maximum absolute atomic E-state index is 13.1. The minimum Gasteiger partial charge on any atom is -0.275 e. The largest absolute Gasteiger partial charge is 0.275 e. The molecule has 0 saturated heterocycles. The van der Waals surface area contributed by atoms with Gasteiger partial charge in [0.2, 0.25) is 0 Å². The van der Waals surface area contributed by atoms with Gasteiger partial charge in [0.15, 0.2) is 5.82 Å². The summed E-state index contributed by atoms with van der Waals surface area (Å²) < 4.78 is 25.7. The van der Waals surface area contributed by atoms with E-state index in [1.165, 1.54) is 0 Å². The fourth-order valence-electron chi connectivity index (χ4n) is 0.746. The molecule has 0 fully saturated rings. The Morgan fingerprint density at radius 2 is 1.92 bits per heavy atom. The van der Waals surface area contributed by atoms with Crippen molar-refractivity contribution in [1.29, 1.82) is 0 Å². The van der Waals surface area contributed by atoms with Crippen molar-refractivity contribution in [3.05, 3.63) is 32.2 Å². The Hall–Kier alpha value is -0.0000000000000000555. The molecule has 0 aliphatic carbocycles. The lowest BCUT2D eigenvalue weighted by Gasteiger charge is -2.03. The molecule has 0 aliphatic rings. The van der Waals surface area contributed by atoms with Gasteiger partial charge in [-0.05, 0) is 49.5 Å². The number of carbonyl (C=O) groups is 1. The second-order valence-corrected chi connectivity index (χ2v) is 4.11. The van der Waals surface area contributed by atoms with Crippen LogP contribution in [0, 0.1) is 11.6 Å². The van der Waals surface area contributed by atoms with Gasteiger partial charge >= 0.3 is 0 Å². The second kappa shape index (κ2) is 4.02. The first-order valence-electron chi connectivity index (χ1n) is 2.98. The first-order chi connectivity index (χ1) is 5.95. The molecule has 0 amide bonds. The van der Waals surface area contributed by atoms with Crippen LogP contribution >= 0.6 is 43.5 Å². The van der Waals surface area contributed by atoms with Gasteiger partial charge in [0.05, 0.1) is 14.5 Å². The van der Waals surface area contributed by atoms with Crippen molar-refractivity contribution in [3.63, 3.8) is 0 Å². The minimum absolute atomic E-state index is 0.141. The number of carbonyl (C=O) groups excluding carboxylic acids is 1. The Bertz CT molecular complexity index is 355. The Morgan fingerprint density at radius 3 is 2.38 bits per heavy atom. The fraction of sp³-hybridized carbons (Fsp3) is 0. The van der Waals surface area contributed by atoms with Gasteiger partial charge in [-0.15, -0.1) is 0 Å². The number of rotatable bonds is 1. The van der Waals surface area contributed by atoms with E-state index in [2.05, 4.69) is 31.9 Å². The van der Waals surface area contributed by atoms with Gasteiger partial charge in [-0.2, -0.15) is 0 Å². The smallest absolute Gasteiger partial charge is 0.256 e. The van der Waals surface area contributed by atoms with Crippen molar-refractivity contribution in [2.24, 2.45) is 0 Å². The molecule has 70 valence electrons. The zero-order valence-electron chi connectivity index (χ0n) is 5.88. The van der Waals surface area contributed by atoms with Crippen LogP contribution in [0.15, 0.2) is 15.0 Å². The third-order valence-electron chi connectivity index (χ3n) is 1.31. The predicted octanol–water partition coefficient (Wildman–Crippen LogP) is 3.87. The van der Waals surface area contributed by atoms with Crippen LogP contribution in [0.4, 0.5) is 8.78 Å². The quantitative estimate of drug-likeness (QED) is 0.563. The highest BCUT2D eigenvalue weighted by Gasteiger charge is 2.20. The highest BCUT2D eigenvalue weighted by molar-refractivity contribution is 9.11. The van der Waals surface area contributed by atoms with Crippen LogP contribution in [0.5, 0.6) is 0 Å². The Balaban J connectivity index is 3.56. The van der Waals surface area contributed by atoms with Crippen molar-refractivity contribution < 1.29 is 13.6 Å². The molecule has 1 aromatic rings. The van der Waals surface area contributed by atoms with E-state index in [4.69, 9.17) is 11.6 Å². The molecule has 0 unspecified atom stereocenters. The molecule has 0 saturated carbocycles. The van der Waals surface area contributed by atoms with Gasteiger partial charge in [0.1, 0.15) is 5.82 Å². The average molecular weight is 334 g/mol.